The van der Waals surface area contributed by atoms with Crippen LogP contribution >= 0.6 is 0 Å². The lowest BCUT2D eigenvalue weighted by molar-refractivity contribution is -0.244. The number of rotatable bonds is 1. The average molecular weight is 487 g/mol. The molecule has 0 aromatic heterocycles. The molecule has 10 atom stereocenters. The molecule has 5 saturated carbocycles. The number of Topliss-reactive ketones (excluding diaryl/α,β-unsaturated/α-hetero) is 1. The summed E-state index contributed by atoms with van der Waals surface area (Å²) >= 11 is 0. The molecule has 0 aromatic carbocycles. The van der Waals surface area contributed by atoms with Crippen molar-refractivity contribution in [1.29, 1.82) is 0 Å². The minimum Gasteiger partial charge on any atom is -0.469 e. The van der Waals surface area contributed by atoms with E-state index in [1.807, 2.05) is 0 Å². The molecule has 0 bridgehead atoms. The molecule has 5 aliphatic carbocycles. The molecule has 0 heterocycles. The highest BCUT2D eigenvalue weighted by atomic mass is 16.5. The number of carbonyl (C=O) groups is 2. The molecule has 0 saturated heterocycles. The van der Waals surface area contributed by atoms with Crippen LogP contribution in [0.1, 0.15) is 113 Å². The number of aliphatic hydroxyl groups is 1. The van der Waals surface area contributed by atoms with E-state index in [2.05, 4.69) is 48.5 Å². The van der Waals surface area contributed by atoms with Crippen LogP contribution in [0.2, 0.25) is 0 Å². The summed E-state index contributed by atoms with van der Waals surface area (Å²) in [6.45, 7) is 16.5. The number of esters is 1. The third-order valence-corrected chi connectivity index (χ3v) is 13.9. The maximum atomic E-state index is 14.4. The first-order chi connectivity index (χ1) is 16.1. The maximum absolute atomic E-state index is 14.4. The third-order valence-electron chi connectivity index (χ3n) is 13.9. The summed E-state index contributed by atoms with van der Waals surface area (Å²) in [6.07, 6.45) is 9.51. The van der Waals surface area contributed by atoms with Crippen molar-refractivity contribution in [2.24, 2.45) is 56.2 Å². The average Bonchev–Trinajstić information content (AvgIpc) is 2.79. The SMILES string of the molecule is COC(=O)[C@@]1(C)CC[C@]2(C)CC[C@]3(C)[C@H](C(=O)C[C@@H]4[C@@]5(C)CC[C@H](O)C(C)(C)[C@@H]5CC[C@]43C)[C@@H]2C1. The molecule has 0 amide bonds. The Hall–Kier alpha value is -0.900. The van der Waals surface area contributed by atoms with Gasteiger partial charge in [0.05, 0.1) is 18.6 Å². The van der Waals surface area contributed by atoms with Gasteiger partial charge in [0.1, 0.15) is 5.78 Å². The molecular weight excluding hydrogens is 436 g/mol. The quantitative estimate of drug-likeness (QED) is 0.425. The predicted octanol–water partition coefficient (Wildman–Crippen LogP) is 6.58. The van der Waals surface area contributed by atoms with Gasteiger partial charge in [0, 0.05) is 12.3 Å². The summed E-state index contributed by atoms with van der Waals surface area (Å²) in [5.74, 6) is 1.47. The Morgan fingerprint density at radius 2 is 1.51 bits per heavy atom. The molecule has 0 aromatic rings. The zero-order chi connectivity index (χ0) is 25.8. The number of ether oxygens (including phenoxy) is 1. The van der Waals surface area contributed by atoms with Gasteiger partial charge in [-0.15, -0.1) is 0 Å². The minimum atomic E-state index is -0.484. The lowest BCUT2D eigenvalue weighted by Gasteiger charge is -2.73. The fourth-order valence-electron chi connectivity index (χ4n) is 11.2. The van der Waals surface area contributed by atoms with Gasteiger partial charge in [-0.1, -0.05) is 41.5 Å². The third kappa shape index (κ3) is 3.13. The summed E-state index contributed by atoms with van der Waals surface area (Å²) in [5.41, 5.74) is -0.300. The van der Waals surface area contributed by atoms with Gasteiger partial charge in [0.2, 0.25) is 0 Å². The van der Waals surface area contributed by atoms with Crippen molar-refractivity contribution < 1.29 is 19.4 Å². The Bertz CT molecular complexity index is 925. The Labute approximate surface area is 213 Å². The smallest absolute Gasteiger partial charge is 0.311 e. The van der Waals surface area contributed by atoms with Gasteiger partial charge in [-0.05, 0) is 110 Å². The van der Waals surface area contributed by atoms with Crippen molar-refractivity contribution in [1.82, 2.24) is 0 Å². The standard InChI is InChI=1S/C31H50O4/c1-26(2)21-9-12-30(6)22(29(21,5)11-10-23(26)33)17-20(32)24-19-18-28(4,25(34)35-8)14-13-27(19,3)15-16-31(24,30)7/h19,21-24,33H,9-18H2,1-8H3/t19-,21-,22+,23-,24-,27+,28-,29-,30+,31+/m0/s1. The van der Waals surface area contributed by atoms with Gasteiger partial charge in [0.25, 0.3) is 0 Å². The van der Waals surface area contributed by atoms with Crippen LogP contribution in [0.25, 0.3) is 0 Å². The summed E-state index contributed by atoms with van der Waals surface area (Å²) in [6, 6.07) is 0. The monoisotopic (exact) mass is 486 g/mol. The molecule has 0 spiro atoms. The minimum absolute atomic E-state index is 0.0362. The van der Waals surface area contributed by atoms with E-state index >= 15 is 0 Å². The Morgan fingerprint density at radius 1 is 0.857 bits per heavy atom. The molecule has 4 heteroatoms. The van der Waals surface area contributed by atoms with E-state index in [1.54, 1.807) is 0 Å². The highest BCUT2D eigenvalue weighted by Gasteiger charge is 2.72. The summed E-state index contributed by atoms with van der Waals surface area (Å²) < 4.78 is 5.26. The number of ketones is 1. The first-order valence-electron chi connectivity index (χ1n) is 14.4. The van der Waals surface area contributed by atoms with Crippen molar-refractivity contribution >= 4 is 11.8 Å². The fraction of sp³-hybridized carbons (Fsp3) is 0.935. The zero-order valence-electron chi connectivity index (χ0n) is 23.6. The molecule has 0 aliphatic heterocycles. The zero-order valence-corrected chi connectivity index (χ0v) is 23.6. The number of hydrogen-bond donors (Lipinski definition) is 1. The van der Waals surface area contributed by atoms with Crippen molar-refractivity contribution in [2.45, 2.75) is 119 Å². The van der Waals surface area contributed by atoms with Crippen LogP contribution in [0.3, 0.4) is 0 Å². The molecular formula is C31H50O4. The number of methoxy groups -OCH3 is 1. The second kappa shape index (κ2) is 7.58. The van der Waals surface area contributed by atoms with Crippen molar-refractivity contribution in [3.05, 3.63) is 0 Å². The Kier molecular flexibility index (Phi) is 5.57. The van der Waals surface area contributed by atoms with Crippen LogP contribution in [-0.4, -0.2) is 30.1 Å². The Morgan fingerprint density at radius 3 is 2.17 bits per heavy atom. The Balaban J connectivity index is 1.56. The first-order valence-corrected chi connectivity index (χ1v) is 14.4. The number of carbonyl (C=O) groups excluding carboxylic acids is 2. The van der Waals surface area contributed by atoms with Crippen molar-refractivity contribution in [2.75, 3.05) is 7.11 Å². The number of hydrogen-bond acceptors (Lipinski definition) is 4. The van der Waals surface area contributed by atoms with Crippen LogP contribution in [0, 0.1) is 56.2 Å². The van der Waals surface area contributed by atoms with E-state index in [-0.39, 0.29) is 51.0 Å². The maximum Gasteiger partial charge on any atom is 0.311 e. The van der Waals surface area contributed by atoms with Gasteiger partial charge in [-0.25, -0.2) is 0 Å². The van der Waals surface area contributed by atoms with Gasteiger partial charge in [-0.3, -0.25) is 9.59 Å². The van der Waals surface area contributed by atoms with E-state index in [0.717, 1.165) is 57.8 Å². The van der Waals surface area contributed by atoms with Gasteiger partial charge >= 0.3 is 5.97 Å². The molecule has 5 aliphatic rings. The van der Waals surface area contributed by atoms with Crippen molar-refractivity contribution in [3.63, 3.8) is 0 Å². The second-order valence-corrected chi connectivity index (χ2v) is 15.5. The predicted molar refractivity (Wildman–Crippen MR) is 137 cm³/mol. The second-order valence-electron chi connectivity index (χ2n) is 15.5. The molecule has 0 unspecified atom stereocenters. The van der Waals surface area contributed by atoms with Crippen LogP contribution in [-0.2, 0) is 14.3 Å². The highest BCUT2D eigenvalue weighted by Crippen LogP contribution is 2.76. The van der Waals surface area contributed by atoms with E-state index in [0.29, 0.717) is 24.0 Å². The summed E-state index contributed by atoms with van der Waals surface area (Å²) in [5, 5.41) is 10.9. The summed E-state index contributed by atoms with van der Waals surface area (Å²) in [7, 11) is 1.51. The highest BCUT2D eigenvalue weighted by molar-refractivity contribution is 5.85. The van der Waals surface area contributed by atoms with Gasteiger partial charge in [-0.2, -0.15) is 0 Å². The van der Waals surface area contributed by atoms with Crippen molar-refractivity contribution in [3.8, 4) is 0 Å². The molecule has 0 radical (unpaired) electrons. The van der Waals surface area contributed by atoms with Crippen LogP contribution < -0.4 is 0 Å². The fourth-order valence-corrected chi connectivity index (χ4v) is 11.2. The van der Waals surface area contributed by atoms with Gasteiger partial charge in [0.15, 0.2) is 0 Å². The molecule has 35 heavy (non-hydrogen) atoms. The van der Waals surface area contributed by atoms with Crippen LogP contribution in [0.5, 0.6) is 0 Å². The number of aliphatic hydroxyl groups excluding tert-OH is 1. The van der Waals surface area contributed by atoms with E-state index in [1.165, 1.54) is 7.11 Å². The topological polar surface area (TPSA) is 63.6 Å². The number of fused-ring (bicyclic) bond motifs is 7. The van der Waals surface area contributed by atoms with E-state index in [4.69, 9.17) is 4.74 Å². The molecule has 4 nitrogen and oxygen atoms in total. The van der Waals surface area contributed by atoms with E-state index in [9.17, 15) is 14.7 Å². The van der Waals surface area contributed by atoms with E-state index < -0.39 is 5.41 Å². The largest absolute Gasteiger partial charge is 0.469 e. The lowest BCUT2D eigenvalue weighted by Crippen LogP contribution is -2.69. The van der Waals surface area contributed by atoms with Gasteiger partial charge < -0.3 is 9.84 Å². The lowest BCUT2D eigenvalue weighted by atomic mass is 9.31. The molecule has 198 valence electrons. The first kappa shape index (κ1) is 25.7. The van der Waals surface area contributed by atoms with Crippen LogP contribution in [0.15, 0.2) is 0 Å². The molecule has 5 rings (SSSR count). The summed E-state index contributed by atoms with van der Waals surface area (Å²) in [4.78, 5) is 27.2. The molecule has 5 fully saturated rings. The molecule has 1 N–H and O–H groups in total. The normalized spacial score (nSPS) is 55.1. The van der Waals surface area contributed by atoms with Crippen LogP contribution in [0.4, 0.5) is 0 Å².